The number of hydrogen-bond acceptors (Lipinski definition) is 0. The van der Waals surface area contributed by atoms with Gasteiger partial charge in [0.25, 0.3) is 0 Å². The Labute approximate surface area is 83.0 Å². The van der Waals surface area contributed by atoms with Crippen LogP contribution in [0, 0.1) is 0 Å². The van der Waals surface area contributed by atoms with E-state index in [0.717, 1.165) is 0 Å². The van der Waals surface area contributed by atoms with Gasteiger partial charge in [-0.05, 0) is 39.7 Å². The van der Waals surface area contributed by atoms with E-state index in [1.54, 1.807) is 0 Å². The number of allylic oxidation sites excluding steroid dienone is 6. The molecule has 0 nitrogen and oxygen atoms in total. The van der Waals surface area contributed by atoms with E-state index in [2.05, 4.69) is 52.8 Å². The molecule has 0 aromatic rings. The average molecular weight is 178 g/mol. The summed E-state index contributed by atoms with van der Waals surface area (Å²) in [5, 5.41) is 0. The lowest BCUT2D eigenvalue weighted by Crippen LogP contribution is -1.84. The van der Waals surface area contributed by atoms with Crippen LogP contribution in [0.5, 0.6) is 0 Å². The molecule has 0 saturated carbocycles. The molecule has 0 bridgehead atoms. The highest BCUT2D eigenvalue weighted by Crippen LogP contribution is 2.15. The summed E-state index contributed by atoms with van der Waals surface area (Å²) in [7, 11) is 0. The fraction of sp³-hybridized carbons (Fsp3) is 0.538. The first-order chi connectivity index (χ1) is 6.11. The minimum Gasteiger partial charge on any atom is -0.0844 e. The zero-order valence-electron chi connectivity index (χ0n) is 9.65. The van der Waals surface area contributed by atoms with Gasteiger partial charge in [-0.15, -0.1) is 0 Å². The fourth-order valence-corrected chi connectivity index (χ4v) is 1.13. The summed E-state index contributed by atoms with van der Waals surface area (Å²) in [6, 6.07) is 0. The monoisotopic (exact) mass is 178 g/mol. The Hall–Kier alpha value is -0.780. The molecule has 74 valence electrons. The predicted octanol–water partition coefficient (Wildman–Crippen LogP) is 4.65. The van der Waals surface area contributed by atoms with E-state index in [9.17, 15) is 0 Å². The second-order valence-corrected chi connectivity index (χ2v) is 3.66. The topological polar surface area (TPSA) is 0 Å². The van der Waals surface area contributed by atoms with Gasteiger partial charge in [0.1, 0.15) is 0 Å². The molecule has 0 amide bonds. The first-order valence-corrected chi connectivity index (χ1v) is 5.09. The van der Waals surface area contributed by atoms with Crippen molar-refractivity contribution in [1.82, 2.24) is 0 Å². The van der Waals surface area contributed by atoms with E-state index < -0.39 is 0 Å². The standard InChI is InChI=1S/C13H22/c1-6-8-13(12(5)7-2)10-9-11(3)4/h7,9-10H,6,8H2,1-5H3. The summed E-state index contributed by atoms with van der Waals surface area (Å²) in [6.07, 6.45) is 9.01. The van der Waals surface area contributed by atoms with Crippen molar-refractivity contribution in [2.75, 3.05) is 0 Å². The summed E-state index contributed by atoms with van der Waals surface area (Å²) >= 11 is 0. The summed E-state index contributed by atoms with van der Waals surface area (Å²) in [5.41, 5.74) is 4.23. The third-order valence-electron chi connectivity index (χ3n) is 2.08. The SMILES string of the molecule is CC=C(C)C(=CC=C(C)C)CCC. The Balaban J connectivity index is 4.60. The minimum atomic E-state index is 1.18. The molecule has 0 heterocycles. The van der Waals surface area contributed by atoms with Crippen LogP contribution < -0.4 is 0 Å². The largest absolute Gasteiger partial charge is 0.0844 e. The van der Waals surface area contributed by atoms with Gasteiger partial charge >= 0.3 is 0 Å². The van der Waals surface area contributed by atoms with Crippen LogP contribution in [-0.2, 0) is 0 Å². The van der Waals surface area contributed by atoms with Gasteiger partial charge in [0, 0.05) is 0 Å². The van der Waals surface area contributed by atoms with Gasteiger partial charge in [-0.25, -0.2) is 0 Å². The van der Waals surface area contributed by atoms with Crippen molar-refractivity contribution in [2.45, 2.75) is 47.5 Å². The molecule has 13 heavy (non-hydrogen) atoms. The zero-order chi connectivity index (χ0) is 10.3. The van der Waals surface area contributed by atoms with Gasteiger partial charge in [-0.1, -0.05) is 42.7 Å². The van der Waals surface area contributed by atoms with E-state index in [1.165, 1.54) is 29.6 Å². The van der Waals surface area contributed by atoms with Gasteiger partial charge in [-0.3, -0.25) is 0 Å². The summed E-state index contributed by atoms with van der Waals surface area (Å²) < 4.78 is 0. The van der Waals surface area contributed by atoms with Crippen molar-refractivity contribution in [2.24, 2.45) is 0 Å². The molecule has 0 aliphatic carbocycles. The lowest BCUT2D eigenvalue weighted by molar-refractivity contribution is 0.910. The Morgan fingerprint density at radius 1 is 1.08 bits per heavy atom. The fourth-order valence-electron chi connectivity index (χ4n) is 1.13. The first kappa shape index (κ1) is 12.2. The molecule has 0 aliphatic rings. The third-order valence-corrected chi connectivity index (χ3v) is 2.08. The molecule has 0 aliphatic heterocycles. The van der Waals surface area contributed by atoms with Crippen LogP contribution in [0.25, 0.3) is 0 Å². The molecule has 0 unspecified atom stereocenters. The highest BCUT2D eigenvalue weighted by atomic mass is 14.0. The highest BCUT2D eigenvalue weighted by Gasteiger charge is 1.95. The molecular formula is C13H22. The molecular weight excluding hydrogens is 156 g/mol. The van der Waals surface area contributed by atoms with Crippen molar-refractivity contribution in [3.05, 3.63) is 34.9 Å². The van der Waals surface area contributed by atoms with E-state index in [1.807, 2.05) is 0 Å². The van der Waals surface area contributed by atoms with Crippen LogP contribution in [0.15, 0.2) is 34.9 Å². The van der Waals surface area contributed by atoms with Crippen LogP contribution in [-0.4, -0.2) is 0 Å². The van der Waals surface area contributed by atoms with Crippen LogP contribution in [0.2, 0.25) is 0 Å². The third kappa shape index (κ3) is 5.46. The lowest BCUT2D eigenvalue weighted by atomic mass is 10.0. The van der Waals surface area contributed by atoms with Crippen molar-refractivity contribution in [3.63, 3.8) is 0 Å². The van der Waals surface area contributed by atoms with Crippen molar-refractivity contribution in [1.29, 1.82) is 0 Å². The van der Waals surface area contributed by atoms with Crippen LogP contribution in [0.4, 0.5) is 0 Å². The predicted molar refractivity (Wildman–Crippen MR) is 61.9 cm³/mol. The Bertz CT molecular complexity index is 222. The van der Waals surface area contributed by atoms with Crippen molar-refractivity contribution < 1.29 is 0 Å². The highest BCUT2D eigenvalue weighted by molar-refractivity contribution is 5.32. The maximum absolute atomic E-state index is 2.24. The number of rotatable bonds is 4. The molecule has 0 fully saturated rings. The van der Waals surface area contributed by atoms with Crippen molar-refractivity contribution >= 4 is 0 Å². The van der Waals surface area contributed by atoms with Gasteiger partial charge in [0.05, 0.1) is 0 Å². The van der Waals surface area contributed by atoms with Gasteiger partial charge in [-0.2, -0.15) is 0 Å². The quantitative estimate of drug-likeness (QED) is 0.550. The molecule has 0 aromatic heterocycles. The first-order valence-electron chi connectivity index (χ1n) is 5.09. The van der Waals surface area contributed by atoms with Crippen molar-refractivity contribution in [3.8, 4) is 0 Å². The average Bonchev–Trinajstić information content (AvgIpc) is 2.10. The Kier molecular flexibility index (Phi) is 6.30. The van der Waals surface area contributed by atoms with E-state index >= 15 is 0 Å². The summed E-state index contributed by atoms with van der Waals surface area (Å²) in [4.78, 5) is 0. The molecule has 0 atom stereocenters. The maximum Gasteiger partial charge on any atom is -0.0279 e. The molecule has 0 rings (SSSR count). The summed E-state index contributed by atoms with van der Waals surface area (Å²) in [6.45, 7) is 10.8. The smallest absolute Gasteiger partial charge is 0.0279 e. The van der Waals surface area contributed by atoms with Gasteiger partial charge < -0.3 is 0 Å². The van der Waals surface area contributed by atoms with Crippen LogP contribution >= 0.6 is 0 Å². The van der Waals surface area contributed by atoms with E-state index in [-0.39, 0.29) is 0 Å². The van der Waals surface area contributed by atoms with Crippen LogP contribution in [0.3, 0.4) is 0 Å². The summed E-state index contributed by atoms with van der Waals surface area (Å²) in [5.74, 6) is 0. The molecule has 0 N–H and O–H groups in total. The number of hydrogen-bond donors (Lipinski definition) is 0. The molecule has 0 heteroatoms. The lowest BCUT2D eigenvalue weighted by Gasteiger charge is -2.04. The van der Waals surface area contributed by atoms with Gasteiger partial charge in [0.15, 0.2) is 0 Å². The second-order valence-electron chi connectivity index (χ2n) is 3.66. The van der Waals surface area contributed by atoms with Gasteiger partial charge in [0.2, 0.25) is 0 Å². The Morgan fingerprint density at radius 3 is 2.08 bits per heavy atom. The molecule has 0 saturated heterocycles. The molecule has 0 spiro atoms. The van der Waals surface area contributed by atoms with Crippen LogP contribution in [0.1, 0.15) is 47.5 Å². The van der Waals surface area contributed by atoms with E-state index in [4.69, 9.17) is 0 Å². The van der Waals surface area contributed by atoms with E-state index in [0.29, 0.717) is 0 Å². The minimum absolute atomic E-state index is 1.18. The maximum atomic E-state index is 2.24. The molecule has 0 radical (unpaired) electrons. The zero-order valence-corrected chi connectivity index (χ0v) is 9.65. The Morgan fingerprint density at radius 2 is 1.69 bits per heavy atom. The second kappa shape index (κ2) is 6.71. The molecule has 0 aromatic carbocycles. The normalized spacial score (nSPS) is 13.0.